The number of halogens is 3. The Bertz CT molecular complexity index is 780. The highest BCUT2D eigenvalue weighted by Crippen LogP contribution is 2.36. The Balaban J connectivity index is 2.29. The fourth-order valence-corrected chi connectivity index (χ4v) is 2.08. The Morgan fingerprint density at radius 1 is 1.12 bits per heavy atom. The maximum absolute atomic E-state index is 13.0. The van der Waals surface area contributed by atoms with Crippen molar-refractivity contribution < 1.29 is 22.7 Å². The molecule has 0 bridgehead atoms. The number of ether oxygens (including phenoxy) is 1. The van der Waals surface area contributed by atoms with Gasteiger partial charge in [-0.25, -0.2) is 0 Å². The van der Waals surface area contributed by atoms with Crippen molar-refractivity contribution in [2.45, 2.75) is 12.8 Å². The number of nitrogens with zero attached hydrogens (tertiary/aromatic N) is 2. The number of alkyl halides is 3. The van der Waals surface area contributed by atoms with Crippen LogP contribution in [0.4, 0.5) is 13.2 Å². The summed E-state index contributed by atoms with van der Waals surface area (Å²) in [5, 5.41) is 12.7. The number of para-hydroxylation sites is 1. The minimum atomic E-state index is -4.51. The van der Waals surface area contributed by atoms with Crippen molar-refractivity contribution in [3.05, 3.63) is 65.2 Å². The van der Waals surface area contributed by atoms with Gasteiger partial charge in [0.05, 0.1) is 5.56 Å². The van der Waals surface area contributed by atoms with Gasteiger partial charge in [-0.3, -0.25) is 0 Å². The van der Waals surface area contributed by atoms with Crippen molar-refractivity contribution in [2.24, 2.45) is 5.16 Å². The van der Waals surface area contributed by atoms with E-state index < -0.39 is 11.7 Å². The molecule has 0 unspecified atom stereocenters. The molecule has 0 aromatic heterocycles. The molecule has 0 N–H and O–H groups in total. The molecule has 2 rings (SSSR count). The summed E-state index contributed by atoms with van der Waals surface area (Å²) >= 11 is 0. The Morgan fingerprint density at radius 2 is 1.79 bits per heavy atom. The minimum absolute atomic E-state index is 0.0146. The molecule has 0 atom stereocenters. The molecule has 4 nitrogen and oxygen atoms in total. The van der Waals surface area contributed by atoms with Crippen LogP contribution >= 0.6 is 0 Å². The third-order valence-corrected chi connectivity index (χ3v) is 3.14. The van der Waals surface area contributed by atoms with Crippen molar-refractivity contribution in [3.63, 3.8) is 0 Å². The van der Waals surface area contributed by atoms with Gasteiger partial charge in [0, 0.05) is 5.56 Å². The van der Waals surface area contributed by atoms with Crippen LogP contribution in [0.5, 0.6) is 5.75 Å². The first-order chi connectivity index (χ1) is 11.5. The van der Waals surface area contributed by atoms with Crippen LogP contribution in [-0.4, -0.2) is 12.8 Å². The largest absolute Gasteiger partial charge is 0.488 e. The number of hydrogen-bond donors (Lipinski definition) is 0. The van der Waals surface area contributed by atoms with E-state index >= 15 is 0 Å². The van der Waals surface area contributed by atoms with Crippen LogP contribution in [0.1, 0.15) is 16.7 Å². The van der Waals surface area contributed by atoms with Crippen LogP contribution in [0.15, 0.2) is 53.7 Å². The second-order valence-electron chi connectivity index (χ2n) is 4.67. The lowest BCUT2D eigenvalue weighted by atomic mass is 10.0. The van der Waals surface area contributed by atoms with Gasteiger partial charge in [-0.2, -0.15) is 18.4 Å². The van der Waals surface area contributed by atoms with Crippen molar-refractivity contribution in [2.75, 3.05) is 7.11 Å². The van der Waals surface area contributed by atoms with Crippen LogP contribution in [-0.2, 0) is 17.6 Å². The average Bonchev–Trinajstić information content (AvgIpc) is 2.57. The summed E-state index contributed by atoms with van der Waals surface area (Å²) in [5.41, 5.74) is 0.118. The zero-order valence-corrected chi connectivity index (χ0v) is 12.7. The third-order valence-electron chi connectivity index (χ3n) is 3.14. The summed E-state index contributed by atoms with van der Waals surface area (Å²) in [6.45, 7) is -0.145. The van der Waals surface area contributed by atoms with Crippen LogP contribution in [0.2, 0.25) is 0 Å². The summed E-state index contributed by atoms with van der Waals surface area (Å²) in [5.74, 6) is -0.276. The Morgan fingerprint density at radius 3 is 2.46 bits per heavy atom. The van der Waals surface area contributed by atoms with Crippen molar-refractivity contribution in [1.29, 1.82) is 5.26 Å². The van der Waals surface area contributed by atoms with E-state index in [1.807, 2.05) is 6.07 Å². The Kier molecular flexibility index (Phi) is 5.42. The van der Waals surface area contributed by atoms with Gasteiger partial charge in [0.1, 0.15) is 25.5 Å². The van der Waals surface area contributed by atoms with E-state index in [2.05, 4.69) is 9.99 Å². The summed E-state index contributed by atoms with van der Waals surface area (Å²) in [6, 6.07) is 13.5. The highest BCUT2D eigenvalue weighted by molar-refractivity contribution is 6.12. The SMILES string of the molecule is CON=C(C#N)c1ccccc1COc1ccccc1C(F)(F)F. The molecule has 2 aromatic carbocycles. The molecule has 7 heteroatoms. The summed E-state index contributed by atoms with van der Waals surface area (Å²) in [4.78, 5) is 4.61. The molecular formula is C17H13F3N2O2. The van der Waals surface area contributed by atoms with Crippen molar-refractivity contribution in [3.8, 4) is 11.8 Å². The van der Waals surface area contributed by atoms with Gasteiger partial charge in [0.25, 0.3) is 0 Å². The number of nitriles is 1. The average molecular weight is 334 g/mol. The van der Waals surface area contributed by atoms with Crippen LogP contribution in [0.25, 0.3) is 0 Å². The predicted octanol–water partition coefficient (Wildman–Crippen LogP) is 4.16. The van der Waals surface area contributed by atoms with Gasteiger partial charge >= 0.3 is 6.18 Å². The Labute approximate surface area is 136 Å². The van der Waals surface area contributed by atoms with Gasteiger partial charge in [-0.15, -0.1) is 0 Å². The maximum Gasteiger partial charge on any atom is 0.419 e. The Hall–Kier alpha value is -3.01. The molecule has 0 aliphatic carbocycles. The first-order valence-corrected chi connectivity index (χ1v) is 6.86. The fraction of sp³-hybridized carbons (Fsp3) is 0.176. The molecule has 0 saturated carbocycles. The zero-order valence-electron chi connectivity index (χ0n) is 12.7. The molecule has 0 aliphatic rings. The van der Waals surface area contributed by atoms with Crippen LogP contribution < -0.4 is 4.74 Å². The van der Waals surface area contributed by atoms with Gasteiger partial charge in [-0.1, -0.05) is 41.6 Å². The van der Waals surface area contributed by atoms with Crippen LogP contribution in [0.3, 0.4) is 0 Å². The highest BCUT2D eigenvalue weighted by atomic mass is 19.4. The minimum Gasteiger partial charge on any atom is -0.488 e. The van der Waals surface area contributed by atoms with Gasteiger partial charge < -0.3 is 9.57 Å². The smallest absolute Gasteiger partial charge is 0.419 e. The third kappa shape index (κ3) is 4.04. The second kappa shape index (κ2) is 7.51. The lowest BCUT2D eigenvalue weighted by Gasteiger charge is -2.14. The quantitative estimate of drug-likeness (QED) is 0.609. The van der Waals surface area contributed by atoms with E-state index in [1.54, 1.807) is 24.3 Å². The molecule has 0 saturated heterocycles. The first kappa shape index (κ1) is 17.3. The van der Waals surface area contributed by atoms with Gasteiger partial charge in [-0.05, 0) is 17.7 Å². The first-order valence-electron chi connectivity index (χ1n) is 6.86. The fourth-order valence-electron chi connectivity index (χ4n) is 2.08. The lowest BCUT2D eigenvalue weighted by Crippen LogP contribution is -2.10. The molecule has 0 amide bonds. The van der Waals surface area contributed by atoms with E-state index in [4.69, 9.17) is 10.00 Å². The van der Waals surface area contributed by atoms with Gasteiger partial charge in [0.15, 0.2) is 5.71 Å². The molecule has 0 fully saturated rings. The summed E-state index contributed by atoms with van der Waals surface area (Å²) < 4.78 is 44.3. The normalized spacial score (nSPS) is 11.7. The number of benzene rings is 2. The lowest BCUT2D eigenvalue weighted by molar-refractivity contribution is -0.139. The molecule has 124 valence electrons. The molecule has 0 heterocycles. The number of oxime groups is 1. The molecule has 0 spiro atoms. The molecule has 2 aromatic rings. The second-order valence-corrected chi connectivity index (χ2v) is 4.67. The van der Waals surface area contributed by atoms with E-state index in [-0.39, 0.29) is 18.1 Å². The topological polar surface area (TPSA) is 54.6 Å². The zero-order chi connectivity index (χ0) is 17.6. The van der Waals surface area contributed by atoms with E-state index in [0.717, 1.165) is 6.07 Å². The molecular weight excluding hydrogens is 321 g/mol. The van der Waals surface area contributed by atoms with Crippen molar-refractivity contribution >= 4 is 5.71 Å². The predicted molar refractivity (Wildman–Crippen MR) is 81.4 cm³/mol. The summed E-state index contributed by atoms with van der Waals surface area (Å²) in [7, 11) is 1.30. The van der Waals surface area contributed by atoms with E-state index in [9.17, 15) is 13.2 Å². The van der Waals surface area contributed by atoms with Crippen LogP contribution in [0, 0.1) is 11.3 Å². The maximum atomic E-state index is 13.0. The molecule has 0 aliphatic heterocycles. The number of hydrogen-bond acceptors (Lipinski definition) is 4. The monoisotopic (exact) mass is 334 g/mol. The highest BCUT2D eigenvalue weighted by Gasteiger charge is 2.34. The van der Waals surface area contributed by atoms with E-state index in [1.165, 1.54) is 25.3 Å². The summed E-state index contributed by atoms with van der Waals surface area (Å²) in [6.07, 6.45) is -4.51. The molecule has 0 radical (unpaired) electrons. The van der Waals surface area contributed by atoms with Crippen molar-refractivity contribution in [1.82, 2.24) is 0 Å². The number of rotatable bonds is 5. The van der Waals surface area contributed by atoms with E-state index in [0.29, 0.717) is 11.1 Å². The van der Waals surface area contributed by atoms with Gasteiger partial charge in [0.2, 0.25) is 0 Å². The molecule has 24 heavy (non-hydrogen) atoms. The standard InChI is InChI=1S/C17H13F3N2O2/c1-23-22-15(10-21)13-7-3-2-6-12(13)11-24-16-9-5-4-8-14(16)17(18,19)20/h2-9H,11H2,1H3.